The summed E-state index contributed by atoms with van der Waals surface area (Å²) in [7, 11) is 0. The molecule has 1 N–H and O–H groups in total. The Labute approximate surface area is 110 Å². The van der Waals surface area contributed by atoms with Gasteiger partial charge in [0, 0.05) is 25.1 Å². The second kappa shape index (κ2) is 5.78. The van der Waals surface area contributed by atoms with Crippen molar-refractivity contribution in [3.05, 3.63) is 16.5 Å². The first-order valence-corrected chi connectivity index (χ1v) is 6.88. The molecule has 1 heterocycles. The molecule has 1 aliphatic rings. The molecule has 0 spiro atoms. The van der Waals surface area contributed by atoms with Crippen LogP contribution >= 0.6 is 15.9 Å². The number of hydrogen-bond donors (Lipinski definition) is 1. The Kier molecular flexibility index (Phi) is 4.34. The number of rotatable bonds is 6. The molecule has 0 saturated heterocycles. The van der Waals surface area contributed by atoms with Gasteiger partial charge in [0.1, 0.15) is 16.2 Å². The minimum Gasteiger partial charge on any atom is -0.377 e. The van der Waals surface area contributed by atoms with Crippen LogP contribution in [0.25, 0.3) is 0 Å². The molecule has 0 bridgehead atoms. The maximum atomic E-state index is 5.47. The van der Waals surface area contributed by atoms with Crippen molar-refractivity contribution in [2.45, 2.75) is 38.7 Å². The summed E-state index contributed by atoms with van der Waals surface area (Å²) in [5.74, 6) is 2.39. The van der Waals surface area contributed by atoms with Crippen molar-refractivity contribution in [1.29, 1.82) is 0 Å². The number of hydrogen-bond acceptors (Lipinski definition) is 4. The molecule has 2 rings (SSSR count). The van der Waals surface area contributed by atoms with Gasteiger partial charge in [-0.25, -0.2) is 9.97 Å². The number of nitrogens with zero attached hydrogens (tertiary/aromatic N) is 2. The summed E-state index contributed by atoms with van der Waals surface area (Å²) >= 11 is 3.42. The fraction of sp³-hybridized carbons (Fsp3) is 0.667. The standard InChI is InChI=1S/C12H18BrN3O/c1-3-17-8(2)7-14-11-6-10(13)15-12(16-11)9-4-5-9/h6,8-9H,3-5,7H2,1-2H3,(H,14,15,16). The van der Waals surface area contributed by atoms with Gasteiger partial charge in [-0.05, 0) is 42.6 Å². The molecular weight excluding hydrogens is 282 g/mol. The molecule has 1 saturated carbocycles. The number of nitrogens with one attached hydrogen (secondary N) is 1. The lowest BCUT2D eigenvalue weighted by molar-refractivity contribution is 0.0855. The molecular formula is C12H18BrN3O. The molecule has 1 aromatic heterocycles. The van der Waals surface area contributed by atoms with E-state index in [4.69, 9.17) is 4.74 Å². The smallest absolute Gasteiger partial charge is 0.135 e. The van der Waals surface area contributed by atoms with Crippen molar-refractivity contribution in [3.8, 4) is 0 Å². The van der Waals surface area contributed by atoms with Gasteiger partial charge in [0.15, 0.2) is 0 Å². The van der Waals surface area contributed by atoms with E-state index in [0.717, 1.165) is 29.4 Å². The van der Waals surface area contributed by atoms with Crippen LogP contribution in [0.1, 0.15) is 38.4 Å². The van der Waals surface area contributed by atoms with Gasteiger partial charge < -0.3 is 10.1 Å². The van der Waals surface area contributed by atoms with Gasteiger partial charge in [0.05, 0.1) is 6.10 Å². The second-order valence-corrected chi connectivity index (χ2v) is 5.17. The Morgan fingerprint density at radius 2 is 2.29 bits per heavy atom. The molecule has 0 aliphatic heterocycles. The van der Waals surface area contributed by atoms with E-state index in [2.05, 4.69) is 38.1 Å². The quantitative estimate of drug-likeness (QED) is 0.821. The molecule has 1 atom stereocenters. The SMILES string of the molecule is CCOC(C)CNc1cc(Br)nc(C2CC2)n1. The summed E-state index contributed by atoms with van der Waals surface area (Å²) in [5, 5.41) is 3.29. The Balaban J connectivity index is 1.95. The van der Waals surface area contributed by atoms with Crippen molar-refractivity contribution in [3.63, 3.8) is 0 Å². The third kappa shape index (κ3) is 3.92. The van der Waals surface area contributed by atoms with Crippen molar-refractivity contribution >= 4 is 21.7 Å². The van der Waals surface area contributed by atoms with Gasteiger partial charge in [0.25, 0.3) is 0 Å². The van der Waals surface area contributed by atoms with Crippen LogP contribution in [0, 0.1) is 0 Å². The minimum absolute atomic E-state index is 0.193. The average molecular weight is 300 g/mol. The highest BCUT2D eigenvalue weighted by Crippen LogP contribution is 2.38. The summed E-state index contributed by atoms with van der Waals surface area (Å²) in [4.78, 5) is 8.91. The van der Waals surface area contributed by atoms with Crippen LogP contribution in [0.15, 0.2) is 10.7 Å². The van der Waals surface area contributed by atoms with Gasteiger partial charge in [-0.15, -0.1) is 0 Å². The van der Waals surface area contributed by atoms with Crippen molar-refractivity contribution < 1.29 is 4.74 Å². The van der Waals surface area contributed by atoms with Gasteiger partial charge in [-0.1, -0.05) is 0 Å². The molecule has 0 aromatic carbocycles. The van der Waals surface area contributed by atoms with Crippen molar-refractivity contribution in [1.82, 2.24) is 9.97 Å². The van der Waals surface area contributed by atoms with Crippen molar-refractivity contribution in [2.75, 3.05) is 18.5 Å². The van der Waals surface area contributed by atoms with E-state index in [1.54, 1.807) is 0 Å². The topological polar surface area (TPSA) is 47.0 Å². The van der Waals surface area contributed by atoms with Crippen LogP contribution in [-0.2, 0) is 4.74 Å². The summed E-state index contributed by atoms with van der Waals surface area (Å²) < 4.78 is 6.31. The molecule has 0 radical (unpaired) electrons. The van der Waals surface area contributed by atoms with Crippen LogP contribution < -0.4 is 5.32 Å². The molecule has 0 amide bonds. The highest BCUT2D eigenvalue weighted by atomic mass is 79.9. The minimum atomic E-state index is 0.193. The predicted molar refractivity (Wildman–Crippen MR) is 71.3 cm³/mol. The van der Waals surface area contributed by atoms with E-state index in [1.165, 1.54) is 12.8 Å². The average Bonchev–Trinajstić information content (AvgIpc) is 3.10. The van der Waals surface area contributed by atoms with E-state index >= 15 is 0 Å². The van der Waals surface area contributed by atoms with E-state index in [-0.39, 0.29) is 6.10 Å². The highest BCUT2D eigenvalue weighted by molar-refractivity contribution is 9.10. The molecule has 4 nitrogen and oxygen atoms in total. The molecule has 1 aromatic rings. The van der Waals surface area contributed by atoms with E-state index in [9.17, 15) is 0 Å². The molecule has 1 unspecified atom stereocenters. The van der Waals surface area contributed by atoms with Crippen LogP contribution in [-0.4, -0.2) is 29.2 Å². The van der Waals surface area contributed by atoms with E-state index in [0.29, 0.717) is 5.92 Å². The van der Waals surface area contributed by atoms with Crippen molar-refractivity contribution in [2.24, 2.45) is 0 Å². The lowest BCUT2D eigenvalue weighted by Crippen LogP contribution is -2.20. The Morgan fingerprint density at radius 1 is 1.53 bits per heavy atom. The van der Waals surface area contributed by atoms with Crippen LogP contribution in [0.5, 0.6) is 0 Å². The zero-order chi connectivity index (χ0) is 12.3. The lowest BCUT2D eigenvalue weighted by Gasteiger charge is -2.13. The maximum absolute atomic E-state index is 5.47. The van der Waals surface area contributed by atoms with Crippen LogP contribution in [0.2, 0.25) is 0 Å². The maximum Gasteiger partial charge on any atom is 0.135 e. The first-order valence-electron chi connectivity index (χ1n) is 6.09. The first-order chi connectivity index (χ1) is 8.19. The summed E-state index contributed by atoms with van der Waals surface area (Å²) in [6.07, 6.45) is 2.62. The fourth-order valence-electron chi connectivity index (χ4n) is 1.64. The predicted octanol–water partition coefficient (Wildman–Crippen LogP) is 2.95. The van der Waals surface area contributed by atoms with Gasteiger partial charge in [-0.2, -0.15) is 0 Å². The third-order valence-electron chi connectivity index (χ3n) is 2.68. The molecule has 94 valence electrons. The highest BCUT2D eigenvalue weighted by Gasteiger charge is 2.27. The first kappa shape index (κ1) is 12.8. The summed E-state index contributed by atoms with van der Waals surface area (Å²) in [6, 6.07) is 1.91. The molecule has 1 aliphatic carbocycles. The van der Waals surface area contributed by atoms with Gasteiger partial charge >= 0.3 is 0 Å². The lowest BCUT2D eigenvalue weighted by atomic mass is 10.3. The van der Waals surface area contributed by atoms with E-state index in [1.807, 2.05) is 13.0 Å². The zero-order valence-corrected chi connectivity index (χ0v) is 11.8. The van der Waals surface area contributed by atoms with Gasteiger partial charge in [-0.3, -0.25) is 0 Å². The largest absolute Gasteiger partial charge is 0.377 e. The number of anilines is 1. The Hall–Kier alpha value is -0.680. The molecule has 17 heavy (non-hydrogen) atoms. The monoisotopic (exact) mass is 299 g/mol. The Morgan fingerprint density at radius 3 is 2.94 bits per heavy atom. The third-order valence-corrected chi connectivity index (χ3v) is 3.08. The zero-order valence-electron chi connectivity index (χ0n) is 10.2. The fourth-order valence-corrected chi connectivity index (χ4v) is 2.04. The summed E-state index contributed by atoms with van der Waals surface area (Å²) in [6.45, 7) is 5.56. The van der Waals surface area contributed by atoms with Crippen LogP contribution in [0.3, 0.4) is 0 Å². The normalized spacial score (nSPS) is 16.9. The molecule has 1 fully saturated rings. The Bertz CT molecular complexity index is 382. The summed E-state index contributed by atoms with van der Waals surface area (Å²) in [5.41, 5.74) is 0. The number of aromatic nitrogens is 2. The van der Waals surface area contributed by atoms with Crippen LogP contribution in [0.4, 0.5) is 5.82 Å². The molecule has 5 heteroatoms. The van der Waals surface area contributed by atoms with Gasteiger partial charge in [0.2, 0.25) is 0 Å². The number of ether oxygens (including phenoxy) is 1. The van der Waals surface area contributed by atoms with E-state index < -0.39 is 0 Å². The second-order valence-electron chi connectivity index (χ2n) is 4.36. The number of halogens is 1.